The molecule has 1 saturated heterocycles. The fraction of sp³-hybridized carbons (Fsp3) is 0.800. The lowest BCUT2D eigenvalue weighted by atomic mass is 9.97. The Kier molecular flexibility index (Phi) is 4.29. The Balaban J connectivity index is 2.13. The van der Waals surface area contributed by atoms with Crippen LogP contribution in [-0.4, -0.2) is 13.1 Å². The van der Waals surface area contributed by atoms with Gasteiger partial charge in [-0.25, -0.2) is 0 Å². The molecule has 0 saturated carbocycles. The standard InChI is InChI=1S/C10H19N/c1-2-3-4-5-10-6-8-11-9-7-10/h4-5,10-11H,2-3,6-9H2,1H3/b5-4+. The Morgan fingerprint density at radius 2 is 2.09 bits per heavy atom. The van der Waals surface area contributed by atoms with Crippen molar-refractivity contribution in [2.24, 2.45) is 5.92 Å². The summed E-state index contributed by atoms with van der Waals surface area (Å²) in [5.74, 6) is 0.864. The first kappa shape index (κ1) is 8.79. The Hall–Kier alpha value is -0.300. The molecule has 0 aromatic heterocycles. The minimum atomic E-state index is 0.864. The summed E-state index contributed by atoms with van der Waals surface area (Å²) < 4.78 is 0. The molecule has 1 aliphatic rings. The predicted molar refractivity (Wildman–Crippen MR) is 49.6 cm³/mol. The van der Waals surface area contributed by atoms with E-state index in [0.717, 1.165) is 5.92 Å². The minimum absolute atomic E-state index is 0.864. The molecular weight excluding hydrogens is 134 g/mol. The number of allylic oxidation sites excluding steroid dienone is 2. The van der Waals surface area contributed by atoms with E-state index in [1.807, 2.05) is 0 Å². The third-order valence-electron chi connectivity index (χ3n) is 2.25. The fourth-order valence-electron chi connectivity index (χ4n) is 1.49. The van der Waals surface area contributed by atoms with Gasteiger partial charge in [0, 0.05) is 0 Å². The van der Waals surface area contributed by atoms with Crippen molar-refractivity contribution in [2.75, 3.05) is 13.1 Å². The molecule has 1 heterocycles. The van der Waals surface area contributed by atoms with Gasteiger partial charge >= 0.3 is 0 Å². The monoisotopic (exact) mass is 153 g/mol. The molecule has 0 aliphatic carbocycles. The van der Waals surface area contributed by atoms with Crippen LogP contribution in [0.15, 0.2) is 12.2 Å². The van der Waals surface area contributed by atoms with Gasteiger partial charge in [-0.2, -0.15) is 0 Å². The van der Waals surface area contributed by atoms with Gasteiger partial charge in [-0.05, 0) is 38.3 Å². The lowest BCUT2D eigenvalue weighted by Crippen LogP contribution is -2.26. The molecule has 11 heavy (non-hydrogen) atoms. The third-order valence-corrected chi connectivity index (χ3v) is 2.25. The molecule has 1 rings (SSSR count). The first-order valence-electron chi connectivity index (χ1n) is 4.81. The highest BCUT2D eigenvalue weighted by Gasteiger charge is 2.08. The van der Waals surface area contributed by atoms with E-state index in [0.29, 0.717) is 0 Å². The molecule has 0 spiro atoms. The SMILES string of the molecule is CCC/C=C/C1CCNCC1. The quantitative estimate of drug-likeness (QED) is 0.614. The van der Waals surface area contributed by atoms with Crippen LogP contribution in [0.4, 0.5) is 0 Å². The second-order valence-electron chi connectivity index (χ2n) is 3.30. The largest absolute Gasteiger partial charge is 0.317 e. The minimum Gasteiger partial charge on any atom is -0.317 e. The summed E-state index contributed by atoms with van der Waals surface area (Å²) >= 11 is 0. The molecule has 0 bridgehead atoms. The van der Waals surface area contributed by atoms with Gasteiger partial charge in [0.15, 0.2) is 0 Å². The zero-order valence-corrected chi connectivity index (χ0v) is 7.47. The van der Waals surface area contributed by atoms with Gasteiger partial charge in [0.25, 0.3) is 0 Å². The van der Waals surface area contributed by atoms with Crippen LogP contribution >= 0.6 is 0 Å². The van der Waals surface area contributed by atoms with Crippen LogP contribution in [0.1, 0.15) is 32.6 Å². The number of hydrogen-bond donors (Lipinski definition) is 1. The average Bonchev–Trinajstić information content (AvgIpc) is 2.07. The van der Waals surface area contributed by atoms with Gasteiger partial charge < -0.3 is 5.32 Å². The molecule has 1 aliphatic heterocycles. The van der Waals surface area contributed by atoms with Crippen molar-refractivity contribution >= 4 is 0 Å². The molecule has 0 aromatic rings. The Morgan fingerprint density at radius 3 is 2.73 bits per heavy atom. The zero-order chi connectivity index (χ0) is 7.94. The van der Waals surface area contributed by atoms with Crippen LogP contribution in [-0.2, 0) is 0 Å². The summed E-state index contributed by atoms with van der Waals surface area (Å²) in [4.78, 5) is 0. The first-order valence-corrected chi connectivity index (χ1v) is 4.81. The van der Waals surface area contributed by atoms with Crippen LogP contribution in [0.25, 0.3) is 0 Å². The first-order chi connectivity index (χ1) is 5.43. The number of unbranched alkanes of at least 4 members (excludes halogenated alkanes) is 1. The zero-order valence-electron chi connectivity index (χ0n) is 7.47. The summed E-state index contributed by atoms with van der Waals surface area (Å²) in [5, 5.41) is 3.37. The molecule has 0 amide bonds. The van der Waals surface area contributed by atoms with Crippen molar-refractivity contribution in [1.29, 1.82) is 0 Å². The highest BCUT2D eigenvalue weighted by Crippen LogP contribution is 2.13. The Labute approximate surface area is 69.9 Å². The van der Waals surface area contributed by atoms with Crippen molar-refractivity contribution in [1.82, 2.24) is 5.32 Å². The lowest BCUT2D eigenvalue weighted by molar-refractivity contribution is 0.436. The third kappa shape index (κ3) is 3.57. The Morgan fingerprint density at radius 1 is 1.36 bits per heavy atom. The van der Waals surface area contributed by atoms with Crippen LogP contribution in [0, 0.1) is 5.92 Å². The van der Waals surface area contributed by atoms with Crippen molar-refractivity contribution in [2.45, 2.75) is 32.6 Å². The average molecular weight is 153 g/mol. The number of hydrogen-bond acceptors (Lipinski definition) is 1. The smallest absolute Gasteiger partial charge is 0.00433 e. The second kappa shape index (κ2) is 5.36. The van der Waals surface area contributed by atoms with E-state index in [-0.39, 0.29) is 0 Å². The molecule has 0 radical (unpaired) electrons. The maximum Gasteiger partial charge on any atom is -0.00433 e. The van der Waals surface area contributed by atoms with Gasteiger partial charge in [0.2, 0.25) is 0 Å². The van der Waals surface area contributed by atoms with E-state index in [2.05, 4.69) is 24.4 Å². The normalized spacial score (nSPS) is 21.2. The van der Waals surface area contributed by atoms with E-state index >= 15 is 0 Å². The molecule has 0 unspecified atom stereocenters. The van der Waals surface area contributed by atoms with E-state index < -0.39 is 0 Å². The van der Waals surface area contributed by atoms with E-state index in [1.165, 1.54) is 38.8 Å². The summed E-state index contributed by atoms with van der Waals surface area (Å²) in [5.41, 5.74) is 0. The maximum absolute atomic E-state index is 3.37. The predicted octanol–water partition coefficient (Wildman–Crippen LogP) is 2.34. The lowest BCUT2D eigenvalue weighted by Gasteiger charge is -2.19. The summed E-state index contributed by atoms with van der Waals surface area (Å²) in [6.07, 6.45) is 9.95. The number of rotatable bonds is 3. The van der Waals surface area contributed by atoms with Gasteiger partial charge in [-0.15, -0.1) is 0 Å². The van der Waals surface area contributed by atoms with Gasteiger partial charge in [0.1, 0.15) is 0 Å². The molecule has 1 N–H and O–H groups in total. The van der Waals surface area contributed by atoms with E-state index in [4.69, 9.17) is 0 Å². The van der Waals surface area contributed by atoms with Crippen molar-refractivity contribution in [3.05, 3.63) is 12.2 Å². The molecule has 1 fully saturated rings. The summed E-state index contributed by atoms with van der Waals surface area (Å²) in [6, 6.07) is 0. The molecule has 64 valence electrons. The van der Waals surface area contributed by atoms with Crippen LogP contribution in [0.3, 0.4) is 0 Å². The molecule has 1 heteroatoms. The Bertz CT molecular complexity index is 112. The number of nitrogens with one attached hydrogen (secondary N) is 1. The van der Waals surface area contributed by atoms with Crippen molar-refractivity contribution < 1.29 is 0 Å². The molecule has 1 nitrogen and oxygen atoms in total. The van der Waals surface area contributed by atoms with Crippen molar-refractivity contribution in [3.63, 3.8) is 0 Å². The topological polar surface area (TPSA) is 12.0 Å². The van der Waals surface area contributed by atoms with E-state index in [9.17, 15) is 0 Å². The van der Waals surface area contributed by atoms with Gasteiger partial charge in [-0.3, -0.25) is 0 Å². The molecular formula is C10H19N. The molecule has 0 atom stereocenters. The highest BCUT2D eigenvalue weighted by molar-refractivity contribution is 4.90. The van der Waals surface area contributed by atoms with Crippen molar-refractivity contribution in [3.8, 4) is 0 Å². The van der Waals surface area contributed by atoms with Gasteiger partial charge in [-0.1, -0.05) is 25.5 Å². The van der Waals surface area contributed by atoms with Crippen LogP contribution in [0.5, 0.6) is 0 Å². The number of piperidine rings is 1. The van der Waals surface area contributed by atoms with Gasteiger partial charge in [0.05, 0.1) is 0 Å². The fourth-order valence-corrected chi connectivity index (χ4v) is 1.49. The second-order valence-corrected chi connectivity index (χ2v) is 3.30. The van der Waals surface area contributed by atoms with Crippen LogP contribution in [0.2, 0.25) is 0 Å². The van der Waals surface area contributed by atoms with Crippen LogP contribution < -0.4 is 5.32 Å². The highest BCUT2D eigenvalue weighted by atomic mass is 14.9. The summed E-state index contributed by atoms with van der Waals surface area (Å²) in [6.45, 7) is 4.65. The van der Waals surface area contributed by atoms with E-state index in [1.54, 1.807) is 0 Å². The summed E-state index contributed by atoms with van der Waals surface area (Å²) in [7, 11) is 0. The maximum atomic E-state index is 3.37. The molecule has 0 aromatic carbocycles.